The van der Waals surface area contributed by atoms with Crippen LogP contribution in [0.2, 0.25) is 0 Å². The number of nitrogens with one attached hydrogen (secondary N) is 1. The molecule has 0 saturated carbocycles. The van der Waals surface area contributed by atoms with Crippen LogP contribution < -0.4 is 10.1 Å². The molecule has 6 heteroatoms. The number of ether oxygens (including phenoxy) is 2. The molecule has 1 N–H and O–H groups in total. The Morgan fingerprint density at radius 1 is 1.32 bits per heavy atom. The molecule has 0 spiro atoms. The fourth-order valence-electron chi connectivity index (χ4n) is 2.03. The molecule has 0 aliphatic heterocycles. The SMILES string of the molecule is CNCc1oc2c(Br)cc(OC)c(Br)c2c1COC. The van der Waals surface area contributed by atoms with E-state index >= 15 is 0 Å². The van der Waals surface area contributed by atoms with Crippen LogP contribution in [0.25, 0.3) is 11.0 Å². The molecule has 19 heavy (non-hydrogen) atoms. The van der Waals surface area contributed by atoms with E-state index in [1.807, 2.05) is 13.1 Å². The minimum absolute atomic E-state index is 0.488. The highest BCUT2D eigenvalue weighted by atomic mass is 79.9. The summed E-state index contributed by atoms with van der Waals surface area (Å²) in [5.41, 5.74) is 1.82. The number of halogens is 2. The van der Waals surface area contributed by atoms with E-state index in [9.17, 15) is 0 Å². The second kappa shape index (κ2) is 6.26. The van der Waals surface area contributed by atoms with E-state index in [-0.39, 0.29) is 0 Å². The zero-order chi connectivity index (χ0) is 14.0. The van der Waals surface area contributed by atoms with Crippen LogP contribution in [0.5, 0.6) is 5.75 Å². The summed E-state index contributed by atoms with van der Waals surface area (Å²) in [7, 11) is 5.20. The number of benzene rings is 1. The maximum Gasteiger partial charge on any atom is 0.150 e. The van der Waals surface area contributed by atoms with E-state index in [0.717, 1.165) is 37.0 Å². The smallest absolute Gasteiger partial charge is 0.150 e. The van der Waals surface area contributed by atoms with Gasteiger partial charge in [-0.1, -0.05) is 0 Å². The van der Waals surface area contributed by atoms with Gasteiger partial charge in [0, 0.05) is 18.1 Å². The first-order valence-corrected chi connectivity index (χ1v) is 7.32. The molecule has 0 saturated heterocycles. The third-order valence-electron chi connectivity index (χ3n) is 2.85. The van der Waals surface area contributed by atoms with Crippen molar-refractivity contribution in [3.63, 3.8) is 0 Å². The van der Waals surface area contributed by atoms with E-state index in [4.69, 9.17) is 13.9 Å². The van der Waals surface area contributed by atoms with Gasteiger partial charge < -0.3 is 19.2 Å². The van der Waals surface area contributed by atoms with E-state index in [1.165, 1.54) is 0 Å². The highest BCUT2D eigenvalue weighted by molar-refractivity contribution is 9.11. The van der Waals surface area contributed by atoms with Crippen molar-refractivity contribution in [3.05, 3.63) is 26.3 Å². The van der Waals surface area contributed by atoms with Crippen LogP contribution in [-0.2, 0) is 17.9 Å². The second-order valence-corrected chi connectivity index (χ2v) is 5.69. The molecule has 0 unspecified atom stereocenters. The van der Waals surface area contributed by atoms with E-state index in [0.29, 0.717) is 13.2 Å². The average Bonchev–Trinajstić information content (AvgIpc) is 2.75. The predicted molar refractivity (Wildman–Crippen MR) is 81.6 cm³/mol. The summed E-state index contributed by atoms with van der Waals surface area (Å²) >= 11 is 7.10. The summed E-state index contributed by atoms with van der Waals surface area (Å²) < 4.78 is 18.3. The zero-order valence-corrected chi connectivity index (χ0v) is 14.1. The van der Waals surface area contributed by atoms with Gasteiger partial charge in [-0.25, -0.2) is 0 Å². The summed E-state index contributed by atoms with van der Waals surface area (Å²) in [6.07, 6.45) is 0. The summed E-state index contributed by atoms with van der Waals surface area (Å²) in [6.45, 7) is 1.14. The largest absolute Gasteiger partial charge is 0.496 e. The highest BCUT2D eigenvalue weighted by Gasteiger charge is 2.21. The van der Waals surface area contributed by atoms with Crippen molar-refractivity contribution in [2.75, 3.05) is 21.3 Å². The Labute approximate surface area is 128 Å². The Hall–Kier alpha value is -0.560. The van der Waals surface area contributed by atoms with Gasteiger partial charge in [0.15, 0.2) is 0 Å². The lowest BCUT2D eigenvalue weighted by atomic mass is 10.1. The maximum atomic E-state index is 5.93. The van der Waals surface area contributed by atoms with Gasteiger partial charge in [-0.3, -0.25) is 0 Å². The first-order chi connectivity index (χ1) is 9.13. The van der Waals surface area contributed by atoms with Crippen LogP contribution >= 0.6 is 31.9 Å². The number of furan rings is 1. The molecule has 0 bridgehead atoms. The van der Waals surface area contributed by atoms with Crippen molar-refractivity contribution in [1.82, 2.24) is 5.32 Å². The molecule has 2 aromatic rings. The van der Waals surface area contributed by atoms with Gasteiger partial charge in [0.05, 0.1) is 29.2 Å². The number of rotatable bonds is 5. The Morgan fingerprint density at radius 2 is 2.05 bits per heavy atom. The molecule has 0 atom stereocenters. The maximum absolute atomic E-state index is 5.93. The van der Waals surface area contributed by atoms with E-state index in [1.54, 1.807) is 14.2 Å². The van der Waals surface area contributed by atoms with Crippen LogP contribution in [-0.4, -0.2) is 21.3 Å². The van der Waals surface area contributed by atoms with Gasteiger partial charge in [-0.2, -0.15) is 0 Å². The normalized spacial score (nSPS) is 11.2. The topological polar surface area (TPSA) is 43.6 Å². The molecule has 4 nitrogen and oxygen atoms in total. The Kier molecular flexibility index (Phi) is 4.89. The third kappa shape index (κ3) is 2.67. The van der Waals surface area contributed by atoms with Crippen LogP contribution in [0.4, 0.5) is 0 Å². The highest BCUT2D eigenvalue weighted by Crippen LogP contribution is 2.42. The second-order valence-electron chi connectivity index (χ2n) is 4.05. The quantitative estimate of drug-likeness (QED) is 0.839. The predicted octanol–water partition coefficient (Wildman–Crippen LogP) is 3.83. The van der Waals surface area contributed by atoms with Gasteiger partial charge in [-0.15, -0.1) is 0 Å². The number of methoxy groups -OCH3 is 2. The van der Waals surface area contributed by atoms with Crippen LogP contribution in [0.3, 0.4) is 0 Å². The lowest BCUT2D eigenvalue weighted by Gasteiger charge is -2.06. The molecule has 0 aliphatic rings. The zero-order valence-electron chi connectivity index (χ0n) is 11.0. The van der Waals surface area contributed by atoms with E-state index in [2.05, 4.69) is 37.2 Å². The van der Waals surface area contributed by atoms with Crippen molar-refractivity contribution in [2.24, 2.45) is 0 Å². The first kappa shape index (κ1) is 14.8. The molecule has 0 amide bonds. The van der Waals surface area contributed by atoms with Crippen molar-refractivity contribution in [3.8, 4) is 5.75 Å². The van der Waals surface area contributed by atoms with Crippen molar-refractivity contribution in [2.45, 2.75) is 13.2 Å². The Balaban J connectivity index is 2.76. The average molecular weight is 393 g/mol. The fraction of sp³-hybridized carbons (Fsp3) is 0.385. The van der Waals surface area contributed by atoms with E-state index < -0.39 is 0 Å². The standard InChI is InChI=1S/C13H15Br2NO3/c1-16-5-10-7(6-17-2)11-12(15)9(18-3)4-8(14)13(11)19-10/h4,16H,5-6H2,1-3H3. The number of hydrogen-bond donors (Lipinski definition) is 1. The van der Waals surface area contributed by atoms with Crippen molar-refractivity contribution < 1.29 is 13.9 Å². The number of fused-ring (bicyclic) bond motifs is 1. The van der Waals surface area contributed by atoms with Gasteiger partial charge in [0.2, 0.25) is 0 Å². The molecule has 0 radical (unpaired) electrons. The lowest BCUT2D eigenvalue weighted by molar-refractivity contribution is 0.183. The monoisotopic (exact) mass is 391 g/mol. The van der Waals surface area contributed by atoms with Crippen LogP contribution in [0.15, 0.2) is 19.4 Å². The summed E-state index contributed by atoms with van der Waals surface area (Å²) in [5.74, 6) is 1.63. The van der Waals surface area contributed by atoms with Crippen LogP contribution in [0, 0.1) is 0 Å². The van der Waals surface area contributed by atoms with Crippen molar-refractivity contribution >= 4 is 42.8 Å². The Morgan fingerprint density at radius 3 is 2.63 bits per heavy atom. The third-order valence-corrected chi connectivity index (χ3v) is 4.22. The molecular weight excluding hydrogens is 378 g/mol. The van der Waals surface area contributed by atoms with Gasteiger partial charge in [0.25, 0.3) is 0 Å². The molecule has 104 valence electrons. The molecule has 0 fully saturated rings. The van der Waals surface area contributed by atoms with Gasteiger partial charge >= 0.3 is 0 Å². The van der Waals surface area contributed by atoms with Crippen molar-refractivity contribution in [1.29, 1.82) is 0 Å². The summed E-state index contributed by atoms with van der Waals surface area (Å²) in [6, 6.07) is 1.88. The molecule has 0 aliphatic carbocycles. The Bertz CT molecular complexity index is 595. The fourth-order valence-corrected chi connectivity index (χ4v) is 3.21. The van der Waals surface area contributed by atoms with Gasteiger partial charge in [-0.05, 0) is 45.0 Å². The molecular formula is C13H15Br2NO3. The minimum atomic E-state index is 0.488. The lowest BCUT2D eigenvalue weighted by Crippen LogP contribution is -2.06. The molecule has 1 aromatic carbocycles. The summed E-state index contributed by atoms with van der Waals surface area (Å²) in [5, 5.41) is 4.08. The van der Waals surface area contributed by atoms with Crippen LogP contribution in [0.1, 0.15) is 11.3 Å². The first-order valence-electron chi connectivity index (χ1n) is 5.73. The minimum Gasteiger partial charge on any atom is -0.496 e. The molecule has 1 aromatic heterocycles. The molecule has 2 rings (SSSR count). The summed E-state index contributed by atoms with van der Waals surface area (Å²) in [4.78, 5) is 0. The molecule has 1 heterocycles. The van der Waals surface area contributed by atoms with Gasteiger partial charge in [0.1, 0.15) is 17.1 Å². The number of hydrogen-bond acceptors (Lipinski definition) is 4.